The lowest BCUT2D eigenvalue weighted by Gasteiger charge is -2.21. The molecular formula is C18H18ClN3O2S. The highest BCUT2D eigenvalue weighted by molar-refractivity contribution is 7.13. The van der Waals surface area contributed by atoms with Crippen molar-refractivity contribution in [3.8, 4) is 10.7 Å². The highest BCUT2D eigenvalue weighted by Gasteiger charge is 2.16. The van der Waals surface area contributed by atoms with E-state index >= 15 is 0 Å². The zero-order valence-corrected chi connectivity index (χ0v) is 15.4. The molecule has 0 fully saturated rings. The van der Waals surface area contributed by atoms with Crippen molar-refractivity contribution < 1.29 is 9.32 Å². The number of nitrogens with zero attached hydrogens (tertiary/aromatic N) is 3. The monoisotopic (exact) mass is 375 g/mol. The van der Waals surface area contributed by atoms with Crippen molar-refractivity contribution in [3.05, 3.63) is 58.3 Å². The zero-order chi connectivity index (χ0) is 17.6. The summed E-state index contributed by atoms with van der Waals surface area (Å²) in [4.78, 5) is 19.6. The van der Waals surface area contributed by atoms with Crippen molar-refractivity contribution in [3.63, 3.8) is 0 Å². The maximum Gasteiger partial charge on any atom is 0.227 e. The van der Waals surface area contributed by atoms with E-state index in [4.69, 9.17) is 16.1 Å². The van der Waals surface area contributed by atoms with Crippen LogP contribution in [-0.2, 0) is 17.8 Å². The van der Waals surface area contributed by atoms with E-state index in [1.54, 1.807) is 16.2 Å². The van der Waals surface area contributed by atoms with Crippen molar-refractivity contribution in [2.24, 2.45) is 0 Å². The molecule has 0 aliphatic rings. The third-order valence-electron chi connectivity index (χ3n) is 3.82. The van der Waals surface area contributed by atoms with E-state index in [1.165, 1.54) is 0 Å². The van der Waals surface area contributed by atoms with Crippen LogP contribution in [0.2, 0.25) is 5.02 Å². The van der Waals surface area contributed by atoms with Gasteiger partial charge in [0, 0.05) is 31.0 Å². The minimum atomic E-state index is 0.0401. The van der Waals surface area contributed by atoms with Crippen LogP contribution in [0.5, 0.6) is 0 Å². The van der Waals surface area contributed by atoms with Crippen LogP contribution in [0.3, 0.4) is 0 Å². The Labute approximate surface area is 155 Å². The minimum Gasteiger partial charge on any atom is -0.339 e. The van der Waals surface area contributed by atoms with Gasteiger partial charge in [-0.05, 0) is 30.0 Å². The standard InChI is InChI=1S/C18H18ClN3O2S/c1-2-22(12-13-6-3-4-7-14(13)19)17(23)10-9-16-20-18(21-24-16)15-8-5-11-25-15/h3-8,11H,2,9-10,12H2,1H3. The number of aromatic nitrogens is 2. The molecule has 0 saturated carbocycles. The number of halogens is 1. The maximum absolute atomic E-state index is 12.5. The molecule has 0 unspecified atom stereocenters. The van der Waals surface area contributed by atoms with Gasteiger partial charge in [-0.3, -0.25) is 4.79 Å². The number of carbonyl (C=O) groups is 1. The van der Waals surface area contributed by atoms with Crippen LogP contribution < -0.4 is 0 Å². The summed E-state index contributed by atoms with van der Waals surface area (Å²) in [5.41, 5.74) is 0.942. The minimum absolute atomic E-state index is 0.0401. The number of hydrogen-bond acceptors (Lipinski definition) is 5. The summed E-state index contributed by atoms with van der Waals surface area (Å²) in [7, 11) is 0. The average molecular weight is 376 g/mol. The Balaban J connectivity index is 1.58. The first-order valence-electron chi connectivity index (χ1n) is 8.05. The maximum atomic E-state index is 12.5. The number of thiophene rings is 1. The molecule has 0 saturated heterocycles. The third-order valence-corrected chi connectivity index (χ3v) is 5.05. The summed E-state index contributed by atoms with van der Waals surface area (Å²) in [6.45, 7) is 3.07. The lowest BCUT2D eigenvalue weighted by atomic mass is 10.2. The average Bonchev–Trinajstić information content (AvgIpc) is 3.30. The number of amides is 1. The van der Waals surface area contributed by atoms with Gasteiger partial charge in [-0.2, -0.15) is 4.98 Å². The molecule has 3 aromatic rings. The molecule has 2 heterocycles. The van der Waals surface area contributed by atoms with Crippen LogP contribution in [0, 0.1) is 0 Å². The van der Waals surface area contributed by atoms with Crippen molar-refractivity contribution in [1.29, 1.82) is 0 Å². The van der Waals surface area contributed by atoms with Crippen molar-refractivity contribution >= 4 is 28.8 Å². The van der Waals surface area contributed by atoms with Crippen LogP contribution in [0.4, 0.5) is 0 Å². The second-order valence-corrected chi connectivity index (χ2v) is 6.84. The van der Waals surface area contributed by atoms with E-state index in [9.17, 15) is 4.79 Å². The molecule has 0 spiro atoms. The molecule has 0 atom stereocenters. The third kappa shape index (κ3) is 4.46. The van der Waals surface area contributed by atoms with Gasteiger partial charge in [-0.25, -0.2) is 0 Å². The van der Waals surface area contributed by atoms with Crippen LogP contribution in [0.25, 0.3) is 10.7 Å². The largest absolute Gasteiger partial charge is 0.339 e. The first-order chi connectivity index (χ1) is 12.2. The van der Waals surface area contributed by atoms with Crippen LogP contribution in [0.15, 0.2) is 46.3 Å². The summed E-state index contributed by atoms with van der Waals surface area (Å²) < 4.78 is 5.24. The smallest absolute Gasteiger partial charge is 0.227 e. The predicted octanol–water partition coefficient (Wildman–Crippen LogP) is 4.43. The lowest BCUT2D eigenvalue weighted by Crippen LogP contribution is -2.30. The van der Waals surface area contributed by atoms with Crippen LogP contribution in [0.1, 0.15) is 24.8 Å². The van der Waals surface area contributed by atoms with E-state index in [-0.39, 0.29) is 5.91 Å². The second kappa shape index (κ2) is 8.27. The number of hydrogen-bond donors (Lipinski definition) is 0. The quantitative estimate of drug-likeness (QED) is 0.612. The summed E-state index contributed by atoms with van der Waals surface area (Å²) in [6.07, 6.45) is 0.751. The number of carbonyl (C=O) groups excluding carboxylic acids is 1. The van der Waals surface area contributed by atoms with Crippen molar-refractivity contribution in [2.75, 3.05) is 6.54 Å². The lowest BCUT2D eigenvalue weighted by molar-refractivity contribution is -0.131. The molecule has 2 aromatic heterocycles. The van der Waals surface area contributed by atoms with Gasteiger partial charge in [-0.15, -0.1) is 11.3 Å². The molecule has 0 N–H and O–H groups in total. The number of aryl methyl sites for hydroxylation is 1. The number of benzene rings is 1. The molecule has 0 aliphatic heterocycles. The highest BCUT2D eigenvalue weighted by atomic mass is 35.5. The Bertz CT molecular complexity index is 832. The molecule has 1 amide bonds. The molecule has 5 nitrogen and oxygen atoms in total. The number of rotatable bonds is 7. The molecule has 0 radical (unpaired) electrons. The Hall–Kier alpha value is -2.18. The predicted molar refractivity (Wildman–Crippen MR) is 98.5 cm³/mol. The molecule has 3 rings (SSSR count). The van der Waals surface area contributed by atoms with Gasteiger partial charge < -0.3 is 9.42 Å². The first kappa shape index (κ1) is 17.6. The summed E-state index contributed by atoms with van der Waals surface area (Å²) >= 11 is 7.74. The SMILES string of the molecule is CCN(Cc1ccccc1Cl)C(=O)CCc1nc(-c2cccs2)no1. The van der Waals surface area contributed by atoms with E-state index in [1.807, 2.05) is 48.7 Å². The van der Waals surface area contributed by atoms with E-state index in [0.29, 0.717) is 42.7 Å². The zero-order valence-electron chi connectivity index (χ0n) is 13.8. The van der Waals surface area contributed by atoms with Crippen LogP contribution >= 0.6 is 22.9 Å². The van der Waals surface area contributed by atoms with Gasteiger partial charge in [0.05, 0.1) is 4.88 Å². The van der Waals surface area contributed by atoms with Gasteiger partial charge in [0.2, 0.25) is 17.6 Å². The van der Waals surface area contributed by atoms with Crippen molar-refractivity contribution in [1.82, 2.24) is 15.0 Å². The Kier molecular flexibility index (Phi) is 5.83. The van der Waals surface area contributed by atoms with Crippen molar-refractivity contribution in [2.45, 2.75) is 26.3 Å². The normalized spacial score (nSPS) is 10.8. The molecule has 25 heavy (non-hydrogen) atoms. The first-order valence-corrected chi connectivity index (χ1v) is 9.30. The Morgan fingerprint density at radius 1 is 1.28 bits per heavy atom. The van der Waals surface area contributed by atoms with E-state index < -0.39 is 0 Å². The fourth-order valence-electron chi connectivity index (χ4n) is 2.44. The molecule has 7 heteroatoms. The fraction of sp³-hybridized carbons (Fsp3) is 0.278. The second-order valence-electron chi connectivity index (χ2n) is 5.49. The topological polar surface area (TPSA) is 59.2 Å². The van der Waals surface area contributed by atoms with E-state index in [2.05, 4.69) is 10.1 Å². The summed E-state index contributed by atoms with van der Waals surface area (Å²) in [5.74, 6) is 1.09. The van der Waals surface area contributed by atoms with Gasteiger partial charge >= 0.3 is 0 Å². The van der Waals surface area contributed by atoms with Gasteiger partial charge in [0.25, 0.3) is 0 Å². The molecular weight excluding hydrogens is 358 g/mol. The fourth-order valence-corrected chi connectivity index (χ4v) is 3.29. The van der Waals surface area contributed by atoms with Crippen LogP contribution in [-0.4, -0.2) is 27.5 Å². The molecule has 0 aliphatic carbocycles. The van der Waals surface area contributed by atoms with E-state index in [0.717, 1.165) is 10.4 Å². The molecule has 130 valence electrons. The summed E-state index contributed by atoms with van der Waals surface area (Å²) in [5, 5.41) is 6.60. The Morgan fingerprint density at radius 3 is 2.84 bits per heavy atom. The highest BCUT2D eigenvalue weighted by Crippen LogP contribution is 2.22. The van der Waals surface area contributed by atoms with Gasteiger partial charge in [0.1, 0.15) is 0 Å². The molecule has 1 aromatic carbocycles. The molecule has 0 bridgehead atoms. The Morgan fingerprint density at radius 2 is 2.12 bits per heavy atom. The van der Waals surface area contributed by atoms with Gasteiger partial charge in [-0.1, -0.05) is 41.0 Å². The summed E-state index contributed by atoms with van der Waals surface area (Å²) in [6, 6.07) is 11.4. The van der Waals surface area contributed by atoms with Gasteiger partial charge in [0.15, 0.2) is 0 Å².